The SMILES string of the molecule is CC12CCCC(O)[C@@H]1CCC2C/C=C/C(O)C1CC1. The van der Waals surface area contributed by atoms with E-state index in [1.165, 1.54) is 38.5 Å². The monoisotopic (exact) mass is 264 g/mol. The molecule has 5 atom stereocenters. The third kappa shape index (κ3) is 2.62. The van der Waals surface area contributed by atoms with Gasteiger partial charge in [-0.25, -0.2) is 0 Å². The Morgan fingerprint density at radius 2 is 2.00 bits per heavy atom. The van der Waals surface area contributed by atoms with Crippen molar-refractivity contribution in [3.63, 3.8) is 0 Å². The van der Waals surface area contributed by atoms with Crippen molar-refractivity contribution in [2.75, 3.05) is 0 Å². The Hall–Kier alpha value is -0.340. The van der Waals surface area contributed by atoms with Crippen LogP contribution >= 0.6 is 0 Å². The topological polar surface area (TPSA) is 40.5 Å². The molecule has 19 heavy (non-hydrogen) atoms. The van der Waals surface area contributed by atoms with Crippen molar-refractivity contribution < 1.29 is 10.2 Å². The van der Waals surface area contributed by atoms with Gasteiger partial charge < -0.3 is 10.2 Å². The van der Waals surface area contributed by atoms with Gasteiger partial charge in [-0.15, -0.1) is 0 Å². The predicted octanol–water partition coefficient (Wildman–Crippen LogP) is 3.28. The number of aliphatic hydroxyl groups excluding tert-OH is 2. The molecule has 0 spiro atoms. The number of aliphatic hydroxyl groups is 2. The molecule has 0 aromatic heterocycles. The molecule has 0 bridgehead atoms. The smallest absolute Gasteiger partial charge is 0.0749 e. The number of allylic oxidation sites excluding steroid dienone is 1. The molecule has 2 N–H and O–H groups in total. The van der Waals surface area contributed by atoms with Crippen LogP contribution in [0.5, 0.6) is 0 Å². The first-order valence-electron chi connectivity index (χ1n) is 8.14. The normalized spacial score (nSPS) is 44.5. The van der Waals surface area contributed by atoms with Gasteiger partial charge >= 0.3 is 0 Å². The molecule has 0 heterocycles. The van der Waals surface area contributed by atoms with Gasteiger partial charge in [-0.2, -0.15) is 0 Å². The summed E-state index contributed by atoms with van der Waals surface area (Å²) in [6, 6.07) is 0. The highest BCUT2D eigenvalue weighted by Crippen LogP contribution is 2.56. The van der Waals surface area contributed by atoms with Crippen molar-refractivity contribution in [1.29, 1.82) is 0 Å². The summed E-state index contributed by atoms with van der Waals surface area (Å²) in [6.45, 7) is 2.39. The Kier molecular flexibility index (Phi) is 3.74. The second kappa shape index (κ2) is 5.21. The van der Waals surface area contributed by atoms with Gasteiger partial charge in [-0.05, 0) is 68.1 Å². The maximum absolute atomic E-state index is 10.2. The zero-order valence-corrected chi connectivity index (χ0v) is 12.1. The number of rotatable bonds is 4. The summed E-state index contributed by atoms with van der Waals surface area (Å²) in [6.07, 6.45) is 13.3. The summed E-state index contributed by atoms with van der Waals surface area (Å²) in [5.41, 5.74) is 0.340. The Morgan fingerprint density at radius 1 is 1.21 bits per heavy atom. The molecule has 2 nitrogen and oxygen atoms in total. The third-order valence-corrected chi connectivity index (χ3v) is 6.14. The molecular formula is C17H28O2. The van der Waals surface area contributed by atoms with Gasteiger partial charge in [-0.3, -0.25) is 0 Å². The van der Waals surface area contributed by atoms with Crippen LogP contribution in [0, 0.1) is 23.2 Å². The van der Waals surface area contributed by atoms with Crippen molar-refractivity contribution in [1.82, 2.24) is 0 Å². The molecule has 0 aromatic rings. The first kappa shape index (κ1) is 13.6. The maximum atomic E-state index is 10.2. The molecule has 3 fully saturated rings. The predicted molar refractivity (Wildman–Crippen MR) is 76.7 cm³/mol. The Morgan fingerprint density at radius 3 is 2.74 bits per heavy atom. The van der Waals surface area contributed by atoms with Crippen molar-refractivity contribution in [2.45, 2.75) is 70.5 Å². The average Bonchev–Trinajstić information content (AvgIpc) is 3.15. The molecule has 0 amide bonds. The Bertz CT molecular complexity index is 347. The van der Waals surface area contributed by atoms with E-state index in [2.05, 4.69) is 13.0 Å². The first-order valence-corrected chi connectivity index (χ1v) is 8.14. The van der Waals surface area contributed by atoms with E-state index in [0.717, 1.165) is 12.8 Å². The molecule has 0 aromatic carbocycles. The fourth-order valence-corrected chi connectivity index (χ4v) is 4.62. The van der Waals surface area contributed by atoms with Crippen molar-refractivity contribution in [2.24, 2.45) is 23.2 Å². The van der Waals surface area contributed by atoms with Gasteiger partial charge in [0.15, 0.2) is 0 Å². The molecule has 3 aliphatic rings. The van der Waals surface area contributed by atoms with Crippen LogP contribution in [0.2, 0.25) is 0 Å². The Balaban J connectivity index is 1.58. The Labute approximate surface area is 116 Å². The van der Waals surface area contributed by atoms with E-state index in [-0.39, 0.29) is 12.2 Å². The quantitative estimate of drug-likeness (QED) is 0.765. The largest absolute Gasteiger partial charge is 0.393 e. The van der Waals surface area contributed by atoms with Crippen LogP contribution in [0.25, 0.3) is 0 Å². The van der Waals surface area contributed by atoms with Crippen LogP contribution < -0.4 is 0 Å². The van der Waals surface area contributed by atoms with E-state index in [1.807, 2.05) is 6.08 Å². The lowest BCUT2D eigenvalue weighted by atomic mass is 9.64. The second-order valence-corrected chi connectivity index (χ2v) is 7.34. The fraction of sp³-hybridized carbons (Fsp3) is 0.882. The van der Waals surface area contributed by atoms with Crippen molar-refractivity contribution >= 4 is 0 Å². The summed E-state index contributed by atoms with van der Waals surface area (Å²) < 4.78 is 0. The molecule has 108 valence electrons. The highest BCUT2D eigenvalue weighted by Gasteiger charge is 2.50. The van der Waals surface area contributed by atoms with Gasteiger partial charge in [-0.1, -0.05) is 25.5 Å². The van der Waals surface area contributed by atoms with Crippen LogP contribution in [-0.4, -0.2) is 22.4 Å². The number of hydrogen-bond acceptors (Lipinski definition) is 2. The lowest BCUT2D eigenvalue weighted by Crippen LogP contribution is -2.39. The van der Waals surface area contributed by atoms with Gasteiger partial charge in [0, 0.05) is 0 Å². The highest BCUT2D eigenvalue weighted by molar-refractivity contribution is 5.04. The third-order valence-electron chi connectivity index (χ3n) is 6.14. The number of hydrogen-bond donors (Lipinski definition) is 2. The minimum atomic E-state index is -0.207. The minimum Gasteiger partial charge on any atom is -0.393 e. The van der Waals surface area contributed by atoms with E-state index in [9.17, 15) is 10.2 Å². The first-order chi connectivity index (χ1) is 9.11. The van der Waals surface area contributed by atoms with Gasteiger partial charge in [0.25, 0.3) is 0 Å². The van der Waals surface area contributed by atoms with Gasteiger partial charge in [0.1, 0.15) is 0 Å². The molecular weight excluding hydrogens is 236 g/mol. The van der Waals surface area contributed by atoms with Gasteiger partial charge in [0.05, 0.1) is 12.2 Å². The second-order valence-electron chi connectivity index (χ2n) is 7.34. The van der Waals surface area contributed by atoms with E-state index in [1.54, 1.807) is 0 Å². The van der Waals surface area contributed by atoms with E-state index >= 15 is 0 Å². The molecule has 0 aliphatic heterocycles. The van der Waals surface area contributed by atoms with Crippen LogP contribution in [-0.2, 0) is 0 Å². The van der Waals surface area contributed by atoms with Crippen molar-refractivity contribution in [3.05, 3.63) is 12.2 Å². The van der Waals surface area contributed by atoms with Gasteiger partial charge in [0.2, 0.25) is 0 Å². The lowest BCUT2D eigenvalue weighted by molar-refractivity contribution is -0.0164. The fourth-order valence-electron chi connectivity index (χ4n) is 4.62. The number of fused-ring (bicyclic) bond motifs is 1. The van der Waals surface area contributed by atoms with Crippen LogP contribution in [0.3, 0.4) is 0 Å². The minimum absolute atomic E-state index is 0.0650. The highest BCUT2D eigenvalue weighted by atomic mass is 16.3. The summed E-state index contributed by atoms with van der Waals surface area (Å²) >= 11 is 0. The van der Waals surface area contributed by atoms with Crippen LogP contribution in [0.15, 0.2) is 12.2 Å². The van der Waals surface area contributed by atoms with Crippen molar-refractivity contribution in [3.8, 4) is 0 Å². The van der Waals surface area contributed by atoms with E-state index in [0.29, 0.717) is 23.2 Å². The summed E-state index contributed by atoms with van der Waals surface area (Å²) in [5, 5.41) is 20.1. The van der Waals surface area contributed by atoms with E-state index < -0.39 is 0 Å². The molecule has 3 rings (SSSR count). The molecule has 3 aliphatic carbocycles. The maximum Gasteiger partial charge on any atom is 0.0749 e. The summed E-state index contributed by atoms with van der Waals surface area (Å²) in [5.74, 6) is 1.77. The molecule has 0 saturated heterocycles. The molecule has 2 heteroatoms. The zero-order valence-electron chi connectivity index (χ0n) is 12.1. The van der Waals surface area contributed by atoms with Crippen LogP contribution in [0.1, 0.15) is 58.3 Å². The lowest BCUT2D eigenvalue weighted by Gasteiger charge is -2.43. The average molecular weight is 264 g/mol. The van der Waals surface area contributed by atoms with E-state index in [4.69, 9.17) is 0 Å². The zero-order chi connectivity index (χ0) is 13.5. The molecule has 4 unspecified atom stereocenters. The summed E-state index contributed by atoms with van der Waals surface area (Å²) in [7, 11) is 0. The molecule has 0 radical (unpaired) electrons. The van der Waals surface area contributed by atoms with Crippen LogP contribution in [0.4, 0.5) is 0 Å². The molecule has 3 saturated carbocycles. The summed E-state index contributed by atoms with van der Waals surface area (Å²) in [4.78, 5) is 0. The standard InChI is InChI=1S/C17H28O2/c1-17-11-3-6-16(19)14(17)10-9-13(17)4-2-5-15(18)12-7-8-12/h2,5,12-16,18-19H,3-4,6-11H2,1H3/b5-2+/t13?,14-,15?,16?,17?/m0/s1.